The third-order valence-electron chi connectivity index (χ3n) is 12.4. The predicted octanol–water partition coefficient (Wildman–Crippen LogP) is 2.18. The van der Waals surface area contributed by atoms with E-state index in [1.165, 1.54) is 4.90 Å². The number of hydrogen-bond donors (Lipinski definition) is 4. The SMILES string of the molecule is O=C1CCC(N2C(=O)c3ccc(CCCOCCOCCOCCN4CCN(C(=O)c5cc6cc(N7CC[C@](O)(C(=O)NCc8cc(F)cc(F)c8)C7=O)ccc6[nH]5)CC4)cc3C2=O)C(=O)N1.S. The molecule has 3 aromatic carbocycles. The van der Waals surface area contributed by atoms with Gasteiger partial charge in [0.15, 0.2) is 0 Å². The predicted molar refractivity (Wildman–Crippen MR) is 245 cm³/mol. The number of aromatic amines is 1. The Morgan fingerprint density at radius 1 is 0.779 bits per heavy atom. The van der Waals surface area contributed by atoms with Crippen molar-refractivity contribution in [1.82, 2.24) is 30.3 Å². The standard InChI is InChI=1S/C47H51F2N7O11.H2S/c48-32-22-30(23-33(49)27-32)28-50-45(62)47(64)9-10-55(46(47)63)34-4-6-37-31(25-34)26-38(51-37)44(61)54-13-11-53(12-14-54)15-17-66-19-21-67-20-18-65-16-1-2-29-3-5-35-36(24-29)43(60)56(42(35)59)39-7-8-40(57)52-41(39)58;/h3-6,22-27,39,51,64H,1-2,7-21,28H2,(H,50,62)(H,52,57,58);1H2/t39?,47-;/m0./s1. The van der Waals surface area contributed by atoms with Gasteiger partial charge in [0.1, 0.15) is 23.4 Å². The maximum absolute atomic E-state index is 13.6. The van der Waals surface area contributed by atoms with E-state index in [0.717, 1.165) is 22.6 Å². The minimum atomic E-state index is -2.36. The van der Waals surface area contributed by atoms with Gasteiger partial charge >= 0.3 is 0 Å². The number of anilines is 1. The van der Waals surface area contributed by atoms with Gasteiger partial charge in [-0.3, -0.25) is 48.7 Å². The summed E-state index contributed by atoms with van der Waals surface area (Å²) in [5.41, 5.74) is 0.661. The number of imide groups is 2. The van der Waals surface area contributed by atoms with E-state index < -0.39 is 58.7 Å². The van der Waals surface area contributed by atoms with Gasteiger partial charge in [0, 0.05) is 87.9 Å². The number of rotatable bonds is 19. The minimum Gasteiger partial charge on any atom is -0.379 e. The number of aliphatic hydroxyl groups is 1. The molecule has 4 aliphatic rings. The first-order chi connectivity index (χ1) is 32.3. The van der Waals surface area contributed by atoms with Crippen molar-refractivity contribution in [2.24, 2.45) is 0 Å². The van der Waals surface area contributed by atoms with Crippen molar-refractivity contribution in [2.75, 3.05) is 83.8 Å². The van der Waals surface area contributed by atoms with E-state index in [-0.39, 0.29) is 68.4 Å². The zero-order valence-electron chi connectivity index (χ0n) is 37.2. The Labute approximate surface area is 396 Å². The number of amides is 7. The third-order valence-corrected chi connectivity index (χ3v) is 12.4. The molecule has 5 heterocycles. The molecule has 1 aromatic heterocycles. The van der Waals surface area contributed by atoms with Gasteiger partial charge in [-0.1, -0.05) is 6.07 Å². The van der Waals surface area contributed by atoms with Crippen LogP contribution in [0.3, 0.4) is 0 Å². The lowest BCUT2D eigenvalue weighted by Crippen LogP contribution is -2.54. The topological polar surface area (TPSA) is 220 Å². The Morgan fingerprint density at radius 3 is 2.19 bits per heavy atom. The Kier molecular flexibility index (Phi) is 16.0. The lowest BCUT2D eigenvalue weighted by molar-refractivity contribution is -0.149. The summed E-state index contributed by atoms with van der Waals surface area (Å²) in [6.45, 7) is 5.49. The first-order valence-electron chi connectivity index (χ1n) is 22.3. The Balaban J connectivity index is 0.00000684. The van der Waals surface area contributed by atoms with Crippen LogP contribution in [-0.4, -0.2) is 157 Å². The Hall–Kier alpha value is -6.10. The number of fused-ring (bicyclic) bond motifs is 2. The van der Waals surface area contributed by atoms with Crippen molar-refractivity contribution in [3.05, 3.63) is 100 Å². The van der Waals surface area contributed by atoms with E-state index in [0.29, 0.717) is 114 Å². The van der Waals surface area contributed by atoms with Crippen LogP contribution in [0.25, 0.3) is 10.9 Å². The van der Waals surface area contributed by atoms with Crippen molar-refractivity contribution in [1.29, 1.82) is 0 Å². The zero-order chi connectivity index (χ0) is 47.2. The molecule has 4 aliphatic heterocycles. The molecule has 362 valence electrons. The minimum absolute atomic E-state index is 0. The molecule has 68 heavy (non-hydrogen) atoms. The fraction of sp³-hybridized carbons (Fsp3) is 0.426. The smallest absolute Gasteiger partial charge is 0.270 e. The molecule has 0 saturated carbocycles. The molecule has 0 aliphatic carbocycles. The van der Waals surface area contributed by atoms with Crippen LogP contribution in [0.15, 0.2) is 60.7 Å². The Bertz CT molecular complexity index is 2570. The lowest BCUT2D eigenvalue weighted by Gasteiger charge is -2.34. The second-order valence-electron chi connectivity index (χ2n) is 16.9. The van der Waals surface area contributed by atoms with Crippen molar-refractivity contribution >= 4 is 71.4 Å². The van der Waals surface area contributed by atoms with Gasteiger partial charge in [-0.05, 0) is 78.9 Å². The number of halogens is 2. The van der Waals surface area contributed by atoms with E-state index in [2.05, 4.69) is 20.5 Å². The number of carbonyl (C=O) groups excluding carboxylic acids is 7. The van der Waals surface area contributed by atoms with Crippen molar-refractivity contribution < 1.29 is 61.7 Å². The maximum atomic E-state index is 13.6. The first-order valence-corrected chi connectivity index (χ1v) is 22.3. The quantitative estimate of drug-likeness (QED) is 0.0604. The second-order valence-corrected chi connectivity index (χ2v) is 16.9. The van der Waals surface area contributed by atoms with Crippen molar-refractivity contribution in [2.45, 2.75) is 50.3 Å². The molecule has 18 nitrogen and oxygen atoms in total. The summed E-state index contributed by atoms with van der Waals surface area (Å²) in [4.78, 5) is 98.9. The number of hydrogen-bond acceptors (Lipinski definition) is 12. The van der Waals surface area contributed by atoms with Gasteiger partial charge in [-0.15, -0.1) is 0 Å². The summed E-state index contributed by atoms with van der Waals surface area (Å²) in [5.74, 6) is -5.70. The van der Waals surface area contributed by atoms with Gasteiger partial charge in [-0.2, -0.15) is 13.5 Å². The lowest BCUT2D eigenvalue weighted by atomic mass is 10.0. The number of ether oxygens (including phenoxy) is 3. The summed E-state index contributed by atoms with van der Waals surface area (Å²) in [7, 11) is 0. The number of nitrogens with zero attached hydrogens (tertiary/aromatic N) is 4. The van der Waals surface area contributed by atoms with Gasteiger partial charge in [0.05, 0.1) is 44.2 Å². The molecule has 3 fully saturated rings. The van der Waals surface area contributed by atoms with Crippen molar-refractivity contribution in [3.8, 4) is 0 Å². The summed E-state index contributed by atoms with van der Waals surface area (Å²) in [6, 6.07) is 13.7. The van der Waals surface area contributed by atoms with E-state index >= 15 is 0 Å². The van der Waals surface area contributed by atoms with Crippen LogP contribution in [0.2, 0.25) is 0 Å². The van der Waals surface area contributed by atoms with E-state index in [1.807, 2.05) is 0 Å². The monoisotopic (exact) mass is 961 g/mol. The normalized spacial score (nSPS) is 19.7. The fourth-order valence-electron chi connectivity index (χ4n) is 8.74. The number of carbonyl (C=O) groups is 7. The molecule has 2 atom stereocenters. The van der Waals surface area contributed by atoms with Crippen LogP contribution in [0, 0.1) is 11.6 Å². The molecule has 0 radical (unpaired) electrons. The van der Waals surface area contributed by atoms with E-state index in [1.54, 1.807) is 47.4 Å². The molecule has 1 unspecified atom stereocenters. The van der Waals surface area contributed by atoms with Gasteiger partial charge in [0.25, 0.3) is 29.5 Å². The van der Waals surface area contributed by atoms with Gasteiger partial charge < -0.3 is 39.4 Å². The number of H-pyrrole nitrogens is 1. The van der Waals surface area contributed by atoms with Crippen LogP contribution in [0.4, 0.5) is 14.5 Å². The molecular weight excluding hydrogens is 909 g/mol. The number of benzene rings is 3. The summed E-state index contributed by atoms with van der Waals surface area (Å²) < 4.78 is 44.2. The molecule has 0 spiro atoms. The second kappa shape index (κ2) is 21.9. The van der Waals surface area contributed by atoms with E-state index in [4.69, 9.17) is 14.2 Å². The summed E-state index contributed by atoms with van der Waals surface area (Å²) in [5, 5.41) is 16.3. The molecule has 7 amide bonds. The molecule has 4 aromatic rings. The van der Waals surface area contributed by atoms with Crippen molar-refractivity contribution in [3.63, 3.8) is 0 Å². The molecule has 0 bridgehead atoms. The fourth-order valence-corrected chi connectivity index (χ4v) is 8.74. The highest BCUT2D eigenvalue weighted by Crippen LogP contribution is 2.32. The highest BCUT2D eigenvalue weighted by molar-refractivity contribution is 7.59. The largest absolute Gasteiger partial charge is 0.379 e. The molecule has 3 saturated heterocycles. The average molecular weight is 962 g/mol. The Morgan fingerprint density at radius 2 is 1.47 bits per heavy atom. The highest BCUT2D eigenvalue weighted by Gasteiger charge is 2.52. The van der Waals surface area contributed by atoms with Crippen LogP contribution in [0.1, 0.15) is 68.0 Å². The number of aromatic nitrogens is 1. The number of aryl methyl sites for hydroxylation is 1. The zero-order valence-corrected chi connectivity index (χ0v) is 38.2. The molecule has 4 N–H and O–H groups in total. The average Bonchev–Trinajstić information content (AvgIpc) is 3.95. The number of nitrogens with one attached hydrogen (secondary N) is 3. The van der Waals surface area contributed by atoms with Crippen LogP contribution >= 0.6 is 13.5 Å². The van der Waals surface area contributed by atoms with Crippen LogP contribution < -0.4 is 15.5 Å². The molecule has 21 heteroatoms. The van der Waals surface area contributed by atoms with Gasteiger partial charge in [-0.25, -0.2) is 8.78 Å². The van der Waals surface area contributed by atoms with Gasteiger partial charge in [0.2, 0.25) is 17.4 Å². The number of piperidine rings is 1. The van der Waals surface area contributed by atoms with E-state index in [9.17, 15) is 47.4 Å². The van der Waals surface area contributed by atoms with Crippen LogP contribution in [0.5, 0.6) is 0 Å². The molecular formula is C47H53F2N7O11S. The highest BCUT2D eigenvalue weighted by atomic mass is 32.1. The maximum Gasteiger partial charge on any atom is 0.270 e. The summed E-state index contributed by atoms with van der Waals surface area (Å²) >= 11 is 0. The van der Waals surface area contributed by atoms with Crippen LogP contribution in [-0.2, 0) is 46.4 Å². The third kappa shape index (κ3) is 11.1. The summed E-state index contributed by atoms with van der Waals surface area (Å²) in [6.07, 6.45) is 1.30. The number of piperazine rings is 1. The molecule has 8 rings (SSSR count). The first kappa shape index (κ1) is 49.8.